The van der Waals surface area contributed by atoms with Gasteiger partial charge in [0.15, 0.2) is 5.79 Å². The van der Waals surface area contributed by atoms with Gasteiger partial charge in [-0.2, -0.15) is 0 Å². The molecule has 0 aromatic heterocycles. The Hall–Kier alpha value is -1.46. The van der Waals surface area contributed by atoms with Crippen molar-refractivity contribution in [1.29, 1.82) is 0 Å². The standard InChI is InChI=1S/C15H20FNO3/c1-19-15(20-2)7-9-17(10-8-15)14(18)11-12-5-3-4-6-13(12)16/h3-6H,7-11H2,1-2H3. The zero-order valence-electron chi connectivity index (χ0n) is 11.9. The van der Waals surface area contributed by atoms with Gasteiger partial charge in [-0.1, -0.05) is 18.2 Å². The van der Waals surface area contributed by atoms with E-state index in [-0.39, 0.29) is 18.1 Å². The number of piperidine rings is 1. The molecule has 1 aliphatic rings. The van der Waals surface area contributed by atoms with E-state index in [1.165, 1.54) is 6.07 Å². The summed E-state index contributed by atoms with van der Waals surface area (Å²) in [5.41, 5.74) is 0.438. The van der Waals surface area contributed by atoms with E-state index in [0.717, 1.165) is 0 Å². The van der Waals surface area contributed by atoms with Crippen molar-refractivity contribution in [3.05, 3.63) is 35.6 Å². The highest BCUT2D eigenvalue weighted by atomic mass is 19.1. The second kappa shape index (κ2) is 6.33. The number of hydrogen-bond acceptors (Lipinski definition) is 3. The largest absolute Gasteiger partial charge is 0.353 e. The number of ether oxygens (including phenoxy) is 2. The van der Waals surface area contributed by atoms with Gasteiger partial charge < -0.3 is 14.4 Å². The molecule has 110 valence electrons. The Bertz CT molecular complexity index is 464. The summed E-state index contributed by atoms with van der Waals surface area (Å²) in [6.45, 7) is 1.13. The molecule has 0 radical (unpaired) electrons. The lowest BCUT2D eigenvalue weighted by molar-refractivity contribution is -0.228. The summed E-state index contributed by atoms with van der Waals surface area (Å²) in [5, 5.41) is 0. The number of methoxy groups -OCH3 is 2. The summed E-state index contributed by atoms with van der Waals surface area (Å²) in [5.74, 6) is -0.980. The normalized spacial score (nSPS) is 18.1. The van der Waals surface area contributed by atoms with Crippen LogP contribution >= 0.6 is 0 Å². The molecule has 0 bridgehead atoms. The van der Waals surface area contributed by atoms with Gasteiger partial charge in [-0.05, 0) is 11.6 Å². The first-order valence-corrected chi connectivity index (χ1v) is 6.72. The summed E-state index contributed by atoms with van der Waals surface area (Å²) in [6, 6.07) is 6.38. The van der Waals surface area contributed by atoms with Crippen LogP contribution in [0.3, 0.4) is 0 Å². The van der Waals surface area contributed by atoms with Crippen LogP contribution in [-0.2, 0) is 20.7 Å². The molecule has 1 aromatic rings. The number of benzene rings is 1. The minimum absolute atomic E-state index is 0.0593. The molecule has 1 aromatic carbocycles. The maximum absolute atomic E-state index is 13.5. The molecule has 1 fully saturated rings. The Labute approximate surface area is 118 Å². The fourth-order valence-electron chi connectivity index (χ4n) is 2.50. The van der Waals surface area contributed by atoms with Gasteiger partial charge in [-0.3, -0.25) is 4.79 Å². The first-order valence-electron chi connectivity index (χ1n) is 6.72. The third kappa shape index (κ3) is 3.16. The number of carbonyl (C=O) groups is 1. The van der Waals surface area contributed by atoms with Crippen molar-refractivity contribution < 1.29 is 18.7 Å². The number of hydrogen-bond donors (Lipinski definition) is 0. The van der Waals surface area contributed by atoms with E-state index in [1.807, 2.05) is 0 Å². The molecule has 0 saturated carbocycles. The Morgan fingerprint density at radius 1 is 1.25 bits per heavy atom. The fraction of sp³-hybridized carbons (Fsp3) is 0.533. The molecule has 0 atom stereocenters. The van der Waals surface area contributed by atoms with E-state index >= 15 is 0 Å². The van der Waals surface area contributed by atoms with Crippen LogP contribution in [0.4, 0.5) is 4.39 Å². The van der Waals surface area contributed by atoms with Crippen molar-refractivity contribution >= 4 is 5.91 Å². The quantitative estimate of drug-likeness (QED) is 0.792. The topological polar surface area (TPSA) is 38.8 Å². The Kier molecular flexibility index (Phi) is 4.73. The minimum atomic E-state index is -0.589. The van der Waals surface area contributed by atoms with Gasteiger partial charge in [0.05, 0.1) is 6.42 Å². The average Bonchev–Trinajstić information content (AvgIpc) is 2.49. The van der Waals surface area contributed by atoms with Crippen LogP contribution in [-0.4, -0.2) is 43.9 Å². The highest BCUT2D eigenvalue weighted by molar-refractivity contribution is 5.78. The van der Waals surface area contributed by atoms with Gasteiger partial charge in [-0.15, -0.1) is 0 Å². The Morgan fingerprint density at radius 2 is 1.85 bits per heavy atom. The van der Waals surface area contributed by atoms with Gasteiger partial charge >= 0.3 is 0 Å². The summed E-state index contributed by atoms with van der Waals surface area (Å²) in [7, 11) is 3.22. The van der Waals surface area contributed by atoms with E-state index in [2.05, 4.69) is 0 Å². The monoisotopic (exact) mass is 281 g/mol. The van der Waals surface area contributed by atoms with Crippen LogP contribution in [0.1, 0.15) is 18.4 Å². The summed E-state index contributed by atoms with van der Waals surface area (Å²) in [4.78, 5) is 13.9. The molecule has 5 heteroatoms. The summed E-state index contributed by atoms with van der Waals surface area (Å²) < 4.78 is 24.3. The van der Waals surface area contributed by atoms with E-state index in [4.69, 9.17) is 9.47 Å². The molecule has 0 N–H and O–H groups in total. The van der Waals surface area contributed by atoms with E-state index in [1.54, 1.807) is 37.3 Å². The fourth-order valence-corrected chi connectivity index (χ4v) is 2.50. The van der Waals surface area contributed by atoms with E-state index in [9.17, 15) is 9.18 Å². The maximum Gasteiger partial charge on any atom is 0.227 e. The Balaban J connectivity index is 1.94. The highest BCUT2D eigenvalue weighted by Crippen LogP contribution is 2.26. The lowest BCUT2D eigenvalue weighted by Crippen LogP contribution is -2.49. The zero-order chi connectivity index (χ0) is 14.6. The smallest absolute Gasteiger partial charge is 0.227 e. The van der Waals surface area contributed by atoms with Crippen LogP contribution in [0.15, 0.2) is 24.3 Å². The van der Waals surface area contributed by atoms with Crippen LogP contribution in [0, 0.1) is 5.82 Å². The predicted octanol–water partition coefficient (Wildman–Crippen LogP) is 1.98. The third-order valence-corrected chi connectivity index (χ3v) is 3.92. The minimum Gasteiger partial charge on any atom is -0.353 e. The average molecular weight is 281 g/mol. The van der Waals surface area contributed by atoms with Crippen molar-refractivity contribution in [3.63, 3.8) is 0 Å². The first kappa shape index (κ1) is 14.9. The van der Waals surface area contributed by atoms with E-state index in [0.29, 0.717) is 31.5 Å². The van der Waals surface area contributed by atoms with Gasteiger partial charge in [0.2, 0.25) is 5.91 Å². The predicted molar refractivity (Wildman–Crippen MR) is 72.7 cm³/mol. The molecule has 1 saturated heterocycles. The number of nitrogens with zero attached hydrogens (tertiary/aromatic N) is 1. The number of likely N-dealkylation sites (tertiary alicyclic amines) is 1. The second-order valence-corrected chi connectivity index (χ2v) is 4.97. The lowest BCUT2D eigenvalue weighted by Gasteiger charge is -2.39. The van der Waals surface area contributed by atoms with Gasteiger partial charge in [0.1, 0.15) is 5.82 Å². The highest BCUT2D eigenvalue weighted by Gasteiger charge is 2.35. The molecule has 2 rings (SSSR count). The van der Waals surface area contributed by atoms with Crippen LogP contribution in [0.5, 0.6) is 0 Å². The molecule has 1 heterocycles. The Morgan fingerprint density at radius 3 is 2.40 bits per heavy atom. The molecule has 0 unspecified atom stereocenters. The molecule has 20 heavy (non-hydrogen) atoms. The van der Waals surface area contributed by atoms with Gasteiger partial charge in [0, 0.05) is 40.2 Å². The number of carbonyl (C=O) groups excluding carboxylic acids is 1. The molecule has 4 nitrogen and oxygen atoms in total. The zero-order valence-corrected chi connectivity index (χ0v) is 11.9. The lowest BCUT2D eigenvalue weighted by atomic mass is 10.0. The first-order chi connectivity index (χ1) is 9.60. The third-order valence-electron chi connectivity index (χ3n) is 3.92. The van der Waals surface area contributed by atoms with Crippen molar-refractivity contribution in [2.75, 3.05) is 27.3 Å². The van der Waals surface area contributed by atoms with Crippen LogP contribution in [0.25, 0.3) is 0 Å². The number of rotatable bonds is 4. The van der Waals surface area contributed by atoms with E-state index < -0.39 is 5.79 Å². The molecular formula is C15H20FNO3. The van der Waals surface area contributed by atoms with Crippen molar-refractivity contribution in [3.8, 4) is 0 Å². The molecule has 0 spiro atoms. The maximum atomic E-state index is 13.5. The van der Waals surface area contributed by atoms with Crippen molar-refractivity contribution in [2.24, 2.45) is 0 Å². The van der Waals surface area contributed by atoms with Gasteiger partial charge in [-0.25, -0.2) is 4.39 Å². The molecule has 0 aliphatic carbocycles. The van der Waals surface area contributed by atoms with Gasteiger partial charge in [0.25, 0.3) is 0 Å². The van der Waals surface area contributed by atoms with Crippen LogP contribution in [0.2, 0.25) is 0 Å². The van der Waals surface area contributed by atoms with Crippen molar-refractivity contribution in [1.82, 2.24) is 4.90 Å². The molecule has 1 aliphatic heterocycles. The summed E-state index contributed by atoms with van der Waals surface area (Å²) in [6.07, 6.45) is 1.35. The molecular weight excluding hydrogens is 261 g/mol. The summed E-state index contributed by atoms with van der Waals surface area (Å²) >= 11 is 0. The number of amides is 1. The SMILES string of the molecule is COC1(OC)CCN(C(=O)Cc2ccccc2F)CC1. The molecule has 1 amide bonds. The van der Waals surface area contributed by atoms with Crippen molar-refractivity contribution in [2.45, 2.75) is 25.0 Å². The van der Waals surface area contributed by atoms with Crippen LogP contribution < -0.4 is 0 Å². The number of halogens is 1. The second-order valence-electron chi connectivity index (χ2n) is 4.97.